The van der Waals surface area contributed by atoms with Gasteiger partial charge in [0.05, 0.1) is 5.41 Å². The number of rotatable bonds is 9. The molecule has 9 heteroatoms. The van der Waals surface area contributed by atoms with E-state index in [0.29, 0.717) is 25.7 Å². The SMILES string of the molecule is CCC(C)(C)CC(CC)(C(=O)OC1CC2CC(CC(O)(C(F)(F)F)C(F)(F)F)C1C2)C(C)C. The summed E-state index contributed by atoms with van der Waals surface area (Å²) in [5.74, 6) is -2.20. The quantitative estimate of drug-likeness (QED) is 0.279. The maximum absolute atomic E-state index is 13.4. The fourth-order valence-corrected chi connectivity index (χ4v) is 5.99. The van der Waals surface area contributed by atoms with Gasteiger partial charge in [0.15, 0.2) is 0 Å². The van der Waals surface area contributed by atoms with Crippen molar-refractivity contribution >= 4 is 5.97 Å². The zero-order valence-corrected chi connectivity index (χ0v) is 20.4. The Labute approximate surface area is 192 Å². The Bertz CT molecular complexity index is 685. The van der Waals surface area contributed by atoms with E-state index in [1.54, 1.807) is 0 Å². The van der Waals surface area contributed by atoms with Gasteiger partial charge < -0.3 is 9.84 Å². The number of fused-ring (bicyclic) bond motifs is 2. The summed E-state index contributed by atoms with van der Waals surface area (Å²) in [7, 11) is 0. The highest BCUT2D eigenvalue weighted by Gasteiger charge is 2.71. The van der Waals surface area contributed by atoms with Crippen molar-refractivity contribution in [2.75, 3.05) is 0 Å². The molecule has 5 atom stereocenters. The van der Waals surface area contributed by atoms with Crippen molar-refractivity contribution in [2.24, 2.45) is 34.5 Å². The Hall–Kier alpha value is -0.990. The van der Waals surface area contributed by atoms with Gasteiger partial charge in [-0.05, 0) is 67.6 Å². The Morgan fingerprint density at radius 1 is 0.970 bits per heavy atom. The van der Waals surface area contributed by atoms with Crippen LogP contribution >= 0.6 is 0 Å². The average Bonchev–Trinajstić information content (AvgIpc) is 3.23. The van der Waals surface area contributed by atoms with Crippen LogP contribution in [-0.4, -0.2) is 35.1 Å². The Kier molecular flexibility index (Phi) is 7.90. The van der Waals surface area contributed by atoms with Crippen LogP contribution in [0.1, 0.15) is 86.5 Å². The van der Waals surface area contributed by atoms with Crippen molar-refractivity contribution in [3.05, 3.63) is 0 Å². The molecule has 0 aromatic rings. The second-order valence-electron chi connectivity index (χ2n) is 11.4. The van der Waals surface area contributed by atoms with Crippen LogP contribution in [0, 0.1) is 34.5 Å². The molecule has 2 saturated carbocycles. The van der Waals surface area contributed by atoms with Crippen molar-refractivity contribution in [1.29, 1.82) is 0 Å². The summed E-state index contributed by atoms with van der Waals surface area (Å²) >= 11 is 0. The molecule has 2 aliphatic rings. The topological polar surface area (TPSA) is 46.5 Å². The van der Waals surface area contributed by atoms with E-state index in [1.165, 1.54) is 0 Å². The predicted octanol–water partition coefficient (Wildman–Crippen LogP) is 7.07. The number of carbonyl (C=O) groups excluding carboxylic acids is 1. The Morgan fingerprint density at radius 2 is 1.52 bits per heavy atom. The maximum Gasteiger partial charge on any atom is 0.426 e. The molecule has 2 fully saturated rings. The summed E-state index contributed by atoms with van der Waals surface area (Å²) in [6.07, 6.45) is -10.9. The highest BCUT2D eigenvalue weighted by molar-refractivity contribution is 5.77. The molecule has 1 N–H and O–H groups in total. The van der Waals surface area contributed by atoms with Gasteiger partial charge in [-0.25, -0.2) is 0 Å². The van der Waals surface area contributed by atoms with Gasteiger partial charge in [-0.3, -0.25) is 4.79 Å². The summed E-state index contributed by atoms with van der Waals surface area (Å²) in [6.45, 7) is 11.9. The second kappa shape index (κ2) is 9.23. The molecule has 33 heavy (non-hydrogen) atoms. The van der Waals surface area contributed by atoms with E-state index < -0.39 is 53.7 Å². The third-order valence-electron chi connectivity index (χ3n) is 8.54. The van der Waals surface area contributed by atoms with E-state index in [1.807, 2.05) is 27.7 Å². The third kappa shape index (κ3) is 5.32. The molecule has 2 aliphatic carbocycles. The summed E-state index contributed by atoms with van der Waals surface area (Å²) in [5.41, 5.74) is -5.68. The second-order valence-corrected chi connectivity index (χ2v) is 11.4. The van der Waals surface area contributed by atoms with Gasteiger partial charge in [-0.2, -0.15) is 26.3 Å². The first-order valence-electron chi connectivity index (χ1n) is 11.9. The fraction of sp³-hybridized carbons (Fsp3) is 0.958. The fourth-order valence-electron chi connectivity index (χ4n) is 5.99. The third-order valence-corrected chi connectivity index (χ3v) is 8.54. The summed E-state index contributed by atoms with van der Waals surface area (Å²) in [5, 5.41) is 9.68. The van der Waals surface area contributed by atoms with Crippen molar-refractivity contribution in [1.82, 2.24) is 0 Å². The Morgan fingerprint density at radius 3 is 1.91 bits per heavy atom. The molecule has 194 valence electrons. The number of carbonyl (C=O) groups is 1. The lowest BCUT2D eigenvalue weighted by Gasteiger charge is -2.42. The predicted molar refractivity (Wildman–Crippen MR) is 112 cm³/mol. The van der Waals surface area contributed by atoms with Crippen LogP contribution in [-0.2, 0) is 9.53 Å². The van der Waals surface area contributed by atoms with Crippen molar-refractivity contribution in [2.45, 2.75) is 111 Å². The molecule has 0 aromatic heterocycles. The van der Waals surface area contributed by atoms with Crippen molar-refractivity contribution < 1.29 is 41.0 Å². The number of hydrogen-bond acceptors (Lipinski definition) is 3. The molecule has 2 bridgehead atoms. The average molecular weight is 489 g/mol. The van der Waals surface area contributed by atoms with E-state index in [2.05, 4.69) is 13.8 Å². The monoisotopic (exact) mass is 488 g/mol. The highest BCUT2D eigenvalue weighted by atomic mass is 19.4. The molecule has 2 rings (SSSR count). The molecular weight excluding hydrogens is 450 g/mol. The van der Waals surface area contributed by atoms with Gasteiger partial charge in [0.25, 0.3) is 5.60 Å². The van der Waals surface area contributed by atoms with Gasteiger partial charge in [0.2, 0.25) is 0 Å². The summed E-state index contributed by atoms with van der Waals surface area (Å²) in [6, 6.07) is 0. The first-order valence-corrected chi connectivity index (χ1v) is 11.9. The minimum absolute atomic E-state index is 0.0456. The molecule has 0 spiro atoms. The van der Waals surface area contributed by atoms with Gasteiger partial charge >= 0.3 is 18.3 Å². The normalized spacial score (nSPS) is 28.3. The van der Waals surface area contributed by atoms with Crippen molar-refractivity contribution in [3.63, 3.8) is 0 Å². The van der Waals surface area contributed by atoms with Gasteiger partial charge in [0, 0.05) is 0 Å². The van der Waals surface area contributed by atoms with Crippen LogP contribution in [0.4, 0.5) is 26.3 Å². The number of aliphatic hydroxyl groups is 1. The molecule has 0 radical (unpaired) electrons. The number of esters is 1. The van der Waals surface area contributed by atoms with E-state index in [4.69, 9.17) is 4.74 Å². The van der Waals surface area contributed by atoms with Gasteiger partial charge in [-0.1, -0.05) is 48.0 Å². The lowest BCUT2D eigenvalue weighted by atomic mass is 9.64. The zero-order valence-electron chi connectivity index (χ0n) is 20.4. The van der Waals surface area contributed by atoms with Crippen LogP contribution < -0.4 is 0 Å². The molecule has 5 unspecified atom stereocenters. The van der Waals surface area contributed by atoms with E-state index in [0.717, 1.165) is 6.42 Å². The number of ether oxygens (including phenoxy) is 1. The number of halogens is 6. The molecule has 3 nitrogen and oxygen atoms in total. The molecule has 0 aromatic carbocycles. The molecule has 0 heterocycles. The van der Waals surface area contributed by atoms with Gasteiger partial charge in [-0.15, -0.1) is 0 Å². The minimum Gasteiger partial charge on any atom is -0.462 e. The minimum atomic E-state index is -5.83. The van der Waals surface area contributed by atoms with Crippen LogP contribution in [0.5, 0.6) is 0 Å². The molecular formula is C24H38F6O3. The van der Waals surface area contributed by atoms with Crippen LogP contribution in [0.25, 0.3) is 0 Å². The van der Waals surface area contributed by atoms with Crippen LogP contribution in [0.15, 0.2) is 0 Å². The first-order chi connectivity index (χ1) is 14.8. The molecule has 0 amide bonds. The van der Waals surface area contributed by atoms with Crippen LogP contribution in [0.3, 0.4) is 0 Å². The zero-order chi connectivity index (χ0) is 25.6. The van der Waals surface area contributed by atoms with E-state index >= 15 is 0 Å². The largest absolute Gasteiger partial charge is 0.462 e. The first kappa shape index (κ1) is 28.2. The number of hydrogen-bond donors (Lipinski definition) is 1. The summed E-state index contributed by atoms with van der Waals surface area (Å²) in [4.78, 5) is 13.4. The lowest BCUT2D eigenvalue weighted by molar-refractivity contribution is -0.373. The van der Waals surface area contributed by atoms with E-state index in [-0.39, 0.29) is 23.7 Å². The smallest absolute Gasteiger partial charge is 0.426 e. The number of alkyl halides is 6. The lowest BCUT2D eigenvalue weighted by Crippen LogP contribution is -2.58. The Balaban J connectivity index is 2.24. The highest BCUT2D eigenvalue weighted by Crippen LogP contribution is 2.56. The molecule has 0 aliphatic heterocycles. The standard InChI is InChI=1S/C24H38F6O3/c1-7-20(5,6)13-21(8-2,14(3)4)19(31)33-18-11-15-9-16(17(18)10-15)12-22(32,23(25,26)27)24(28,29)30/h14-18,32H,7-13H2,1-6H3. The van der Waals surface area contributed by atoms with Gasteiger partial charge in [0.1, 0.15) is 6.10 Å². The summed E-state index contributed by atoms with van der Waals surface area (Å²) < 4.78 is 85.3. The maximum atomic E-state index is 13.4. The van der Waals surface area contributed by atoms with Crippen LogP contribution in [0.2, 0.25) is 0 Å². The van der Waals surface area contributed by atoms with Crippen molar-refractivity contribution in [3.8, 4) is 0 Å². The van der Waals surface area contributed by atoms with E-state index in [9.17, 15) is 36.2 Å². The molecule has 0 saturated heterocycles.